The van der Waals surface area contributed by atoms with Gasteiger partial charge in [-0.25, -0.2) is 9.37 Å². The number of aliphatic hydroxyl groups is 1. The van der Waals surface area contributed by atoms with Crippen LogP contribution in [0.1, 0.15) is 32.4 Å². The van der Waals surface area contributed by atoms with Crippen molar-refractivity contribution in [1.29, 1.82) is 0 Å². The van der Waals surface area contributed by atoms with E-state index >= 15 is 0 Å². The second-order valence-electron chi connectivity index (χ2n) is 6.72. The third-order valence-electron chi connectivity index (χ3n) is 5.60. The van der Waals surface area contributed by atoms with E-state index in [1.807, 2.05) is 24.4 Å². The number of rotatable bonds is 4. The minimum absolute atomic E-state index is 0.00500. The monoisotopic (exact) mass is 353 g/mol. The number of fused-ring (bicyclic) bond motifs is 6. The molecule has 0 aliphatic rings. The molecule has 3 heterocycles. The van der Waals surface area contributed by atoms with Crippen LogP contribution >= 0.6 is 0 Å². The number of aliphatic hydroxyl groups excluding tert-OH is 1. The molecular weight excluding hydrogens is 333 g/mol. The van der Waals surface area contributed by atoms with Gasteiger partial charge in [0.05, 0.1) is 23.2 Å². The first-order valence-corrected chi connectivity index (χ1v) is 8.77. The summed E-state index contributed by atoms with van der Waals surface area (Å²) in [4.78, 5) is 19.9. The summed E-state index contributed by atoms with van der Waals surface area (Å²) in [7, 11) is 0. The number of nitrogens with one attached hydrogen (secondary N) is 1. The SMILES string of the molecule is CCC(CC)(CO)c1cn2c3cc[nH]c(=O)c3c3cc(F)ccc3c2n1. The van der Waals surface area contributed by atoms with Crippen molar-refractivity contribution in [3.63, 3.8) is 0 Å². The van der Waals surface area contributed by atoms with Gasteiger partial charge in [-0.1, -0.05) is 13.8 Å². The molecule has 1 aromatic carbocycles. The van der Waals surface area contributed by atoms with E-state index in [4.69, 9.17) is 4.98 Å². The van der Waals surface area contributed by atoms with E-state index < -0.39 is 11.2 Å². The molecule has 0 spiro atoms. The minimum Gasteiger partial charge on any atom is -0.395 e. The van der Waals surface area contributed by atoms with Gasteiger partial charge in [0.25, 0.3) is 5.56 Å². The van der Waals surface area contributed by atoms with E-state index in [0.717, 1.165) is 18.5 Å². The number of halogens is 1. The second-order valence-corrected chi connectivity index (χ2v) is 6.72. The minimum atomic E-state index is -0.439. The largest absolute Gasteiger partial charge is 0.395 e. The molecule has 4 rings (SSSR count). The Morgan fingerprint density at radius 3 is 2.69 bits per heavy atom. The normalized spacial score (nSPS) is 12.5. The highest BCUT2D eigenvalue weighted by Crippen LogP contribution is 2.34. The molecule has 0 bridgehead atoms. The van der Waals surface area contributed by atoms with Crippen molar-refractivity contribution in [3.8, 4) is 0 Å². The predicted octanol–water partition coefficient (Wildman–Crippen LogP) is 3.52. The van der Waals surface area contributed by atoms with E-state index in [0.29, 0.717) is 27.3 Å². The summed E-state index contributed by atoms with van der Waals surface area (Å²) >= 11 is 0. The Morgan fingerprint density at radius 1 is 1.23 bits per heavy atom. The predicted molar refractivity (Wildman–Crippen MR) is 100 cm³/mol. The van der Waals surface area contributed by atoms with Crippen molar-refractivity contribution in [1.82, 2.24) is 14.4 Å². The maximum absolute atomic E-state index is 13.9. The smallest absolute Gasteiger partial charge is 0.257 e. The number of H-pyrrole nitrogens is 1. The van der Waals surface area contributed by atoms with Crippen molar-refractivity contribution < 1.29 is 9.50 Å². The fourth-order valence-corrected chi connectivity index (χ4v) is 3.77. The number of hydrogen-bond donors (Lipinski definition) is 2. The van der Waals surface area contributed by atoms with Crippen LogP contribution in [0.3, 0.4) is 0 Å². The van der Waals surface area contributed by atoms with Gasteiger partial charge in [-0.2, -0.15) is 0 Å². The Labute approximate surface area is 149 Å². The van der Waals surface area contributed by atoms with Crippen LogP contribution in [0, 0.1) is 5.82 Å². The first-order chi connectivity index (χ1) is 12.5. The van der Waals surface area contributed by atoms with Gasteiger partial charge in [0, 0.05) is 28.6 Å². The summed E-state index contributed by atoms with van der Waals surface area (Å²) in [5.41, 5.74) is 1.40. The van der Waals surface area contributed by atoms with Gasteiger partial charge < -0.3 is 10.1 Å². The molecule has 3 aromatic heterocycles. The van der Waals surface area contributed by atoms with Gasteiger partial charge in [0.15, 0.2) is 0 Å². The van der Waals surface area contributed by atoms with Crippen LogP contribution in [0.5, 0.6) is 0 Å². The molecule has 6 heteroatoms. The molecule has 4 aromatic rings. The van der Waals surface area contributed by atoms with Crippen LogP contribution in [-0.2, 0) is 5.41 Å². The lowest BCUT2D eigenvalue weighted by molar-refractivity contribution is 0.180. The van der Waals surface area contributed by atoms with Crippen molar-refractivity contribution >= 4 is 27.3 Å². The summed E-state index contributed by atoms with van der Waals surface area (Å²) in [5.74, 6) is -0.398. The van der Waals surface area contributed by atoms with E-state index in [2.05, 4.69) is 4.98 Å². The Bertz CT molecular complexity index is 1180. The average Bonchev–Trinajstić information content (AvgIpc) is 3.10. The lowest BCUT2D eigenvalue weighted by atomic mass is 9.80. The fraction of sp³-hybridized carbons (Fsp3) is 0.300. The summed E-state index contributed by atoms with van der Waals surface area (Å²) in [6.07, 6.45) is 4.96. The molecule has 0 unspecified atom stereocenters. The van der Waals surface area contributed by atoms with Crippen molar-refractivity contribution in [3.05, 3.63) is 58.5 Å². The number of imidazole rings is 1. The number of pyridine rings is 2. The summed E-state index contributed by atoms with van der Waals surface area (Å²) in [6.45, 7) is 4.05. The van der Waals surface area contributed by atoms with Crippen molar-refractivity contribution in [2.24, 2.45) is 0 Å². The quantitative estimate of drug-likeness (QED) is 0.552. The van der Waals surface area contributed by atoms with Gasteiger partial charge in [-0.05, 0) is 37.1 Å². The van der Waals surface area contributed by atoms with E-state index in [1.165, 1.54) is 12.1 Å². The molecular formula is C20H20FN3O2. The van der Waals surface area contributed by atoms with Crippen LogP contribution in [0.4, 0.5) is 4.39 Å². The Hall–Kier alpha value is -2.73. The first-order valence-electron chi connectivity index (χ1n) is 8.77. The number of nitrogens with zero attached hydrogens (tertiary/aromatic N) is 2. The zero-order chi connectivity index (χ0) is 18.5. The number of aromatic amines is 1. The average molecular weight is 353 g/mol. The first kappa shape index (κ1) is 16.7. The van der Waals surface area contributed by atoms with Crippen molar-refractivity contribution in [2.75, 3.05) is 6.61 Å². The summed E-state index contributed by atoms with van der Waals surface area (Å²) in [5, 5.41) is 11.7. The molecule has 134 valence electrons. The Kier molecular flexibility index (Phi) is 3.80. The molecule has 26 heavy (non-hydrogen) atoms. The highest BCUT2D eigenvalue weighted by Gasteiger charge is 2.31. The lowest BCUT2D eigenvalue weighted by Crippen LogP contribution is -2.29. The van der Waals surface area contributed by atoms with Gasteiger partial charge in [0.1, 0.15) is 11.5 Å². The number of aromatic nitrogens is 3. The maximum atomic E-state index is 13.9. The van der Waals surface area contributed by atoms with Crippen LogP contribution in [-0.4, -0.2) is 26.1 Å². The summed E-state index contributed by atoms with van der Waals surface area (Å²) < 4.78 is 15.8. The fourth-order valence-electron chi connectivity index (χ4n) is 3.77. The standard InChI is InChI=1S/C20H20FN3O2/c1-3-20(4-2,11-25)16-10-24-15-7-8-22-19(26)17(15)14-9-12(21)5-6-13(14)18(24)23-16/h5-10,25H,3-4,11H2,1-2H3,(H,22,26). The molecule has 5 nitrogen and oxygen atoms in total. The molecule has 0 saturated carbocycles. The molecule has 0 radical (unpaired) electrons. The number of benzene rings is 1. The molecule has 0 saturated heterocycles. The Balaban J connectivity index is 2.23. The molecule has 2 N–H and O–H groups in total. The van der Waals surface area contributed by atoms with Crippen molar-refractivity contribution in [2.45, 2.75) is 32.1 Å². The third-order valence-corrected chi connectivity index (χ3v) is 5.60. The van der Waals surface area contributed by atoms with E-state index in [1.54, 1.807) is 18.3 Å². The molecule has 0 aliphatic carbocycles. The van der Waals surface area contributed by atoms with Gasteiger partial charge in [-0.3, -0.25) is 9.20 Å². The summed E-state index contributed by atoms with van der Waals surface area (Å²) in [6, 6.07) is 6.19. The van der Waals surface area contributed by atoms with Gasteiger partial charge >= 0.3 is 0 Å². The highest BCUT2D eigenvalue weighted by molar-refractivity contribution is 6.11. The highest BCUT2D eigenvalue weighted by atomic mass is 19.1. The van der Waals surface area contributed by atoms with E-state index in [-0.39, 0.29) is 12.2 Å². The second kappa shape index (κ2) is 5.92. The van der Waals surface area contributed by atoms with Crippen LogP contribution in [0.15, 0.2) is 41.5 Å². The molecule has 0 aliphatic heterocycles. The third kappa shape index (κ3) is 2.18. The van der Waals surface area contributed by atoms with Gasteiger partial charge in [-0.15, -0.1) is 0 Å². The van der Waals surface area contributed by atoms with Crippen LogP contribution < -0.4 is 5.56 Å². The molecule has 0 fully saturated rings. The zero-order valence-corrected chi connectivity index (χ0v) is 14.7. The maximum Gasteiger partial charge on any atom is 0.257 e. The van der Waals surface area contributed by atoms with Crippen LogP contribution in [0.25, 0.3) is 27.3 Å². The lowest BCUT2D eigenvalue weighted by Gasteiger charge is -2.26. The van der Waals surface area contributed by atoms with E-state index in [9.17, 15) is 14.3 Å². The zero-order valence-electron chi connectivity index (χ0n) is 14.7. The van der Waals surface area contributed by atoms with Crippen LogP contribution in [0.2, 0.25) is 0 Å². The molecule has 0 amide bonds. The number of hydrogen-bond acceptors (Lipinski definition) is 3. The molecule has 0 atom stereocenters. The Morgan fingerprint density at radius 2 is 2.00 bits per heavy atom. The topological polar surface area (TPSA) is 70.4 Å². The van der Waals surface area contributed by atoms with Gasteiger partial charge in [0.2, 0.25) is 0 Å².